The van der Waals surface area contributed by atoms with Crippen LogP contribution in [0, 0.1) is 34.0 Å². The first-order valence-electron chi connectivity index (χ1n) is 16.3. The molecule has 9 aromatic rings. The van der Waals surface area contributed by atoms with Gasteiger partial charge in [-0.3, -0.25) is 0 Å². The maximum Gasteiger partial charge on any atom is 0.0998 e. The molecular formula is C45H25N5. The Bertz CT molecular complexity index is 2960. The Hall–Kier alpha value is -7.39. The summed E-state index contributed by atoms with van der Waals surface area (Å²) in [6.07, 6.45) is 0. The van der Waals surface area contributed by atoms with E-state index in [1.165, 1.54) is 0 Å². The van der Waals surface area contributed by atoms with Crippen molar-refractivity contribution in [1.82, 2.24) is 9.13 Å². The van der Waals surface area contributed by atoms with E-state index in [2.05, 4.69) is 100 Å². The van der Waals surface area contributed by atoms with Gasteiger partial charge in [0.1, 0.15) is 0 Å². The zero-order valence-corrected chi connectivity index (χ0v) is 26.7. The highest BCUT2D eigenvalue weighted by molar-refractivity contribution is 6.12. The van der Waals surface area contributed by atoms with Gasteiger partial charge in [-0.15, -0.1) is 0 Å². The van der Waals surface area contributed by atoms with E-state index >= 15 is 0 Å². The first-order chi connectivity index (χ1) is 24.7. The molecule has 7 aromatic carbocycles. The van der Waals surface area contributed by atoms with E-state index in [4.69, 9.17) is 0 Å². The maximum absolute atomic E-state index is 10.2. The van der Waals surface area contributed by atoms with Gasteiger partial charge in [0.15, 0.2) is 0 Å². The molecule has 0 amide bonds. The van der Waals surface area contributed by atoms with Gasteiger partial charge >= 0.3 is 0 Å². The van der Waals surface area contributed by atoms with Crippen LogP contribution >= 0.6 is 0 Å². The van der Waals surface area contributed by atoms with E-state index in [1.54, 1.807) is 0 Å². The average Bonchev–Trinajstić information content (AvgIpc) is 3.70. The molecule has 0 atom stereocenters. The number of nitriles is 3. The number of hydrogen-bond donors (Lipinski definition) is 0. The van der Waals surface area contributed by atoms with Crippen LogP contribution in [-0.2, 0) is 0 Å². The third-order valence-electron chi connectivity index (χ3n) is 9.65. The molecule has 0 radical (unpaired) electrons. The molecule has 0 unspecified atom stereocenters. The van der Waals surface area contributed by atoms with Crippen LogP contribution in [0.2, 0.25) is 0 Å². The fraction of sp³-hybridized carbons (Fsp3) is 0. The standard InChI is InChI=1S/C45H25N5/c46-26-29-16-23-43-39(24-29)36-10-2-5-13-41(36)49(43)34-22-21-32(27-47)38(25-34)31-19-17-30(18-20-31)35-9-1-4-12-40(35)50-42-14-6-3-11-37(42)45-33(28-48)8-7-15-44(45)50/h1-25H. The molecule has 0 saturated carbocycles. The van der Waals surface area contributed by atoms with E-state index in [9.17, 15) is 15.8 Å². The molecule has 0 N–H and O–H groups in total. The van der Waals surface area contributed by atoms with E-state index in [1.807, 2.05) is 78.9 Å². The van der Waals surface area contributed by atoms with Gasteiger partial charge in [0.05, 0.1) is 62.7 Å². The number of aromatic nitrogens is 2. The Morgan fingerprint density at radius 1 is 0.400 bits per heavy atom. The highest BCUT2D eigenvalue weighted by Gasteiger charge is 2.18. The predicted molar refractivity (Wildman–Crippen MR) is 200 cm³/mol. The second-order valence-electron chi connectivity index (χ2n) is 12.3. The van der Waals surface area contributed by atoms with Crippen molar-refractivity contribution in [3.05, 3.63) is 168 Å². The van der Waals surface area contributed by atoms with Gasteiger partial charge in [0.2, 0.25) is 0 Å². The van der Waals surface area contributed by atoms with Gasteiger partial charge in [0.25, 0.3) is 0 Å². The lowest BCUT2D eigenvalue weighted by molar-refractivity contribution is 1.18. The highest BCUT2D eigenvalue weighted by Crippen LogP contribution is 2.39. The Kier molecular flexibility index (Phi) is 6.56. The SMILES string of the molecule is N#Cc1ccc2c(c1)c1ccccc1n2-c1ccc(C#N)c(-c2ccc(-c3ccccc3-n3c4ccccc4c4c(C#N)cccc43)cc2)c1. The number of nitrogens with zero attached hydrogens (tertiary/aromatic N) is 5. The summed E-state index contributed by atoms with van der Waals surface area (Å²) in [5.74, 6) is 0. The second-order valence-corrected chi connectivity index (χ2v) is 12.3. The van der Waals surface area contributed by atoms with Crippen LogP contribution in [0.3, 0.4) is 0 Å². The molecule has 0 bridgehead atoms. The smallest absolute Gasteiger partial charge is 0.0998 e. The topological polar surface area (TPSA) is 81.2 Å². The normalized spacial score (nSPS) is 11.1. The first-order valence-corrected chi connectivity index (χ1v) is 16.3. The monoisotopic (exact) mass is 635 g/mol. The van der Waals surface area contributed by atoms with Crippen molar-refractivity contribution in [3.63, 3.8) is 0 Å². The van der Waals surface area contributed by atoms with Crippen molar-refractivity contribution >= 4 is 43.6 Å². The molecule has 0 aliphatic heterocycles. The molecule has 2 heterocycles. The second kappa shape index (κ2) is 11.4. The van der Waals surface area contributed by atoms with Crippen molar-refractivity contribution < 1.29 is 0 Å². The minimum absolute atomic E-state index is 0.591. The lowest BCUT2D eigenvalue weighted by Gasteiger charge is -2.15. The summed E-state index contributed by atoms with van der Waals surface area (Å²) in [7, 11) is 0. The highest BCUT2D eigenvalue weighted by atomic mass is 15.0. The summed E-state index contributed by atoms with van der Waals surface area (Å²) < 4.78 is 4.45. The summed E-state index contributed by atoms with van der Waals surface area (Å²) >= 11 is 0. The number of fused-ring (bicyclic) bond motifs is 6. The van der Waals surface area contributed by atoms with Crippen molar-refractivity contribution in [1.29, 1.82) is 15.8 Å². The Balaban J connectivity index is 1.18. The number of rotatable bonds is 4. The molecule has 9 rings (SSSR count). The van der Waals surface area contributed by atoms with Crippen molar-refractivity contribution in [2.75, 3.05) is 0 Å². The maximum atomic E-state index is 10.2. The largest absolute Gasteiger partial charge is 0.309 e. The van der Waals surface area contributed by atoms with Gasteiger partial charge in [-0.2, -0.15) is 15.8 Å². The Morgan fingerprint density at radius 2 is 1.04 bits per heavy atom. The fourth-order valence-electron chi connectivity index (χ4n) is 7.44. The van der Waals surface area contributed by atoms with Crippen molar-refractivity contribution in [2.24, 2.45) is 0 Å². The third kappa shape index (κ3) is 4.31. The van der Waals surface area contributed by atoms with E-state index < -0.39 is 0 Å². The molecule has 0 spiro atoms. The zero-order chi connectivity index (χ0) is 33.8. The molecule has 50 heavy (non-hydrogen) atoms. The first kappa shape index (κ1) is 28.8. The summed E-state index contributed by atoms with van der Waals surface area (Å²) in [6.45, 7) is 0. The molecule has 2 aromatic heterocycles. The molecule has 230 valence electrons. The third-order valence-corrected chi connectivity index (χ3v) is 9.65. The van der Waals surface area contributed by atoms with Gasteiger partial charge in [-0.1, -0.05) is 84.9 Å². The molecule has 0 aliphatic carbocycles. The quantitative estimate of drug-likeness (QED) is 0.193. The molecular weight excluding hydrogens is 611 g/mol. The average molecular weight is 636 g/mol. The zero-order valence-electron chi connectivity index (χ0n) is 26.7. The number of benzene rings is 7. The van der Waals surface area contributed by atoms with Crippen LogP contribution in [0.1, 0.15) is 16.7 Å². The van der Waals surface area contributed by atoms with Gasteiger partial charge in [0, 0.05) is 38.4 Å². The Morgan fingerprint density at radius 3 is 1.80 bits per heavy atom. The summed E-state index contributed by atoms with van der Waals surface area (Å²) in [5.41, 5.74) is 11.8. The molecule has 0 aliphatic rings. The lowest BCUT2D eigenvalue weighted by Crippen LogP contribution is -1.97. The predicted octanol–water partition coefficient (Wildman–Crippen LogP) is 10.8. The van der Waals surface area contributed by atoms with Gasteiger partial charge in [-0.05, 0) is 77.9 Å². The van der Waals surface area contributed by atoms with Crippen molar-refractivity contribution in [2.45, 2.75) is 0 Å². The lowest BCUT2D eigenvalue weighted by atomic mass is 9.96. The van der Waals surface area contributed by atoms with Crippen LogP contribution in [0.4, 0.5) is 0 Å². The van der Waals surface area contributed by atoms with Gasteiger partial charge in [-0.25, -0.2) is 0 Å². The number of hydrogen-bond acceptors (Lipinski definition) is 3. The molecule has 5 heteroatoms. The van der Waals surface area contributed by atoms with Crippen LogP contribution < -0.4 is 0 Å². The molecule has 0 fully saturated rings. The van der Waals surface area contributed by atoms with Crippen molar-refractivity contribution in [3.8, 4) is 51.8 Å². The van der Waals surface area contributed by atoms with E-state index in [0.717, 1.165) is 77.2 Å². The van der Waals surface area contributed by atoms with E-state index in [-0.39, 0.29) is 0 Å². The van der Waals surface area contributed by atoms with Crippen LogP contribution in [0.5, 0.6) is 0 Å². The fourth-order valence-corrected chi connectivity index (χ4v) is 7.44. The number of para-hydroxylation sites is 3. The minimum Gasteiger partial charge on any atom is -0.309 e. The summed E-state index contributed by atoms with van der Waals surface area (Å²) in [5, 5.41) is 33.8. The Labute approximate surface area is 287 Å². The summed E-state index contributed by atoms with van der Waals surface area (Å²) in [6, 6.07) is 57.8. The van der Waals surface area contributed by atoms with Gasteiger partial charge < -0.3 is 9.13 Å². The molecule has 5 nitrogen and oxygen atoms in total. The molecule has 0 saturated heterocycles. The minimum atomic E-state index is 0.591. The van der Waals surface area contributed by atoms with Crippen LogP contribution in [0.15, 0.2) is 152 Å². The van der Waals surface area contributed by atoms with E-state index in [0.29, 0.717) is 16.7 Å². The van der Waals surface area contributed by atoms with Crippen LogP contribution in [-0.4, -0.2) is 9.13 Å². The van der Waals surface area contributed by atoms with Crippen LogP contribution in [0.25, 0.3) is 77.2 Å². The summed E-state index contributed by atoms with van der Waals surface area (Å²) in [4.78, 5) is 0.